The Morgan fingerprint density at radius 1 is 1.54 bits per heavy atom. The first-order chi connectivity index (χ1) is 6.11. The number of nitrogens with zero attached hydrogens (tertiary/aromatic N) is 1. The average Bonchev–Trinajstić information content (AvgIpc) is 2.18. The summed E-state index contributed by atoms with van der Waals surface area (Å²) in [5, 5.41) is 0. The van der Waals surface area contributed by atoms with Crippen LogP contribution < -0.4 is 5.73 Å². The lowest BCUT2D eigenvalue weighted by Crippen LogP contribution is -2.45. The number of nitrogens with two attached hydrogens (primary N) is 1. The van der Waals surface area contributed by atoms with Gasteiger partial charge in [0.25, 0.3) is 0 Å². The van der Waals surface area contributed by atoms with Crippen molar-refractivity contribution in [2.24, 2.45) is 11.1 Å². The van der Waals surface area contributed by atoms with Crippen LogP contribution >= 0.6 is 0 Å². The van der Waals surface area contributed by atoms with Crippen molar-refractivity contribution in [2.75, 3.05) is 26.3 Å². The van der Waals surface area contributed by atoms with Crippen LogP contribution in [0.15, 0.2) is 0 Å². The molecule has 1 rings (SSSR count). The number of hydrogen-bond acceptors (Lipinski definition) is 2. The van der Waals surface area contributed by atoms with Gasteiger partial charge in [-0.3, -0.25) is 9.18 Å². The number of halogens is 1. The highest BCUT2D eigenvalue weighted by atomic mass is 19.1. The molecule has 0 atom stereocenters. The van der Waals surface area contributed by atoms with Gasteiger partial charge in [-0.2, -0.15) is 0 Å². The van der Waals surface area contributed by atoms with Crippen molar-refractivity contribution in [3.05, 3.63) is 0 Å². The fourth-order valence-corrected chi connectivity index (χ4v) is 1.56. The van der Waals surface area contributed by atoms with Crippen molar-refractivity contribution >= 4 is 5.91 Å². The molecule has 0 unspecified atom stereocenters. The Bertz CT molecular complexity index is 188. The summed E-state index contributed by atoms with van der Waals surface area (Å²) in [6.45, 7) is 2.99. The van der Waals surface area contributed by atoms with Gasteiger partial charge in [0.05, 0.1) is 13.2 Å². The summed E-state index contributed by atoms with van der Waals surface area (Å²) in [6, 6.07) is 0. The number of carbonyl (C=O) groups is 1. The van der Waals surface area contributed by atoms with Gasteiger partial charge in [-0.1, -0.05) is 6.92 Å². The van der Waals surface area contributed by atoms with E-state index in [1.54, 1.807) is 4.90 Å². The van der Waals surface area contributed by atoms with E-state index in [9.17, 15) is 9.18 Å². The molecule has 2 N–H and O–H groups in total. The predicted molar refractivity (Wildman–Crippen MR) is 49.0 cm³/mol. The van der Waals surface area contributed by atoms with Gasteiger partial charge in [-0.05, 0) is 18.3 Å². The summed E-state index contributed by atoms with van der Waals surface area (Å²) in [5.74, 6) is -0.0269. The smallest absolute Gasteiger partial charge is 0.236 e. The molecule has 1 fully saturated rings. The van der Waals surface area contributed by atoms with E-state index in [4.69, 9.17) is 5.73 Å². The maximum absolute atomic E-state index is 12.5. The van der Waals surface area contributed by atoms with Gasteiger partial charge in [0.2, 0.25) is 5.91 Å². The molecule has 3 nitrogen and oxygen atoms in total. The minimum atomic E-state index is -0.294. The van der Waals surface area contributed by atoms with Crippen LogP contribution in [0, 0.1) is 5.41 Å². The van der Waals surface area contributed by atoms with Crippen molar-refractivity contribution in [3.63, 3.8) is 0 Å². The number of carbonyl (C=O) groups excluding carboxylic acids is 1. The van der Waals surface area contributed by atoms with Gasteiger partial charge in [-0.25, -0.2) is 0 Å². The van der Waals surface area contributed by atoms with Gasteiger partial charge in [0.15, 0.2) is 0 Å². The van der Waals surface area contributed by atoms with E-state index >= 15 is 0 Å². The molecule has 1 amide bonds. The summed E-state index contributed by atoms with van der Waals surface area (Å²) >= 11 is 0. The fraction of sp³-hybridized carbons (Fsp3) is 0.889. The first-order valence-electron chi connectivity index (χ1n) is 4.65. The zero-order valence-corrected chi connectivity index (χ0v) is 8.05. The van der Waals surface area contributed by atoms with Crippen LogP contribution in [0.3, 0.4) is 0 Å². The Kier molecular flexibility index (Phi) is 3.25. The monoisotopic (exact) mass is 188 g/mol. The summed E-state index contributed by atoms with van der Waals surface area (Å²) < 4.78 is 12.5. The molecule has 1 aliphatic heterocycles. The molecule has 1 heterocycles. The van der Waals surface area contributed by atoms with E-state index in [0.717, 1.165) is 12.8 Å². The molecule has 0 aromatic heterocycles. The maximum atomic E-state index is 12.5. The zero-order chi connectivity index (χ0) is 9.90. The lowest BCUT2D eigenvalue weighted by atomic mass is 9.82. The molecule has 0 radical (unpaired) electrons. The van der Waals surface area contributed by atoms with Crippen molar-refractivity contribution in [1.29, 1.82) is 0 Å². The van der Waals surface area contributed by atoms with Crippen molar-refractivity contribution in [1.82, 2.24) is 4.90 Å². The molecule has 0 bridgehead atoms. The van der Waals surface area contributed by atoms with Gasteiger partial charge >= 0.3 is 0 Å². The van der Waals surface area contributed by atoms with E-state index in [1.807, 2.05) is 6.92 Å². The lowest BCUT2D eigenvalue weighted by molar-refractivity contribution is -0.132. The summed E-state index contributed by atoms with van der Waals surface area (Å²) in [6.07, 6.45) is 1.49. The Morgan fingerprint density at radius 2 is 2.08 bits per heavy atom. The molecule has 13 heavy (non-hydrogen) atoms. The van der Waals surface area contributed by atoms with Crippen LogP contribution in [0.2, 0.25) is 0 Å². The summed E-state index contributed by atoms with van der Waals surface area (Å²) in [7, 11) is 0. The van der Waals surface area contributed by atoms with Crippen LogP contribution in [0.4, 0.5) is 4.39 Å². The molecule has 1 saturated heterocycles. The normalized spacial score (nSPS) is 21.6. The Hall–Kier alpha value is -0.640. The van der Waals surface area contributed by atoms with Crippen molar-refractivity contribution < 1.29 is 9.18 Å². The number of amides is 1. The quantitative estimate of drug-likeness (QED) is 0.687. The molecule has 4 heteroatoms. The van der Waals surface area contributed by atoms with Crippen LogP contribution in [-0.2, 0) is 4.79 Å². The van der Waals surface area contributed by atoms with Crippen molar-refractivity contribution in [3.8, 4) is 0 Å². The van der Waals surface area contributed by atoms with Gasteiger partial charge in [-0.15, -0.1) is 0 Å². The highest BCUT2D eigenvalue weighted by molar-refractivity contribution is 5.78. The molecule has 0 aromatic carbocycles. The van der Waals surface area contributed by atoms with E-state index in [2.05, 4.69) is 0 Å². The summed E-state index contributed by atoms with van der Waals surface area (Å²) in [4.78, 5) is 12.9. The third-order valence-electron chi connectivity index (χ3n) is 2.82. The second-order valence-corrected chi connectivity index (χ2v) is 4.03. The zero-order valence-electron chi connectivity index (χ0n) is 8.05. The van der Waals surface area contributed by atoms with E-state index < -0.39 is 0 Å². The van der Waals surface area contributed by atoms with E-state index in [-0.39, 0.29) is 24.5 Å². The van der Waals surface area contributed by atoms with Crippen LogP contribution in [0.5, 0.6) is 0 Å². The van der Waals surface area contributed by atoms with E-state index in [1.165, 1.54) is 0 Å². The fourth-order valence-electron chi connectivity index (χ4n) is 1.56. The predicted octanol–water partition coefficient (Wildman–Crippen LogP) is 0.543. The lowest BCUT2D eigenvalue weighted by Gasteiger charge is -2.37. The van der Waals surface area contributed by atoms with Gasteiger partial charge in [0.1, 0.15) is 0 Å². The number of likely N-dealkylation sites (tertiary alicyclic amines) is 1. The van der Waals surface area contributed by atoms with Crippen LogP contribution in [0.25, 0.3) is 0 Å². The van der Waals surface area contributed by atoms with Crippen LogP contribution in [0.1, 0.15) is 19.8 Å². The minimum Gasteiger partial charge on any atom is -0.342 e. The Balaban J connectivity index is 2.43. The second-order valence-electron chi connectivity index (χ2n) is 4.03. The molecule has 0 aliphatic carbocycles. The highest BCUT2D eigenvalue weighted by Gasteiger charge is 2.31. The first-order valence-corrected chi connectivity index (χ1v) is 4.65. The molecule has 0 saturated carbocycles. The van der Waals surface area contributed by atoms with Gasteiger partial charge < -0.3 is 10.6 Å². The largest absolute Gasteiger partial charge is 0.342 e. The number of alkyl halides is 1. The van der Waals surface area contributed by atoms with Crippen LogP contribution in [-0.4, -0.2) is 37.1 Å². The third-order valence-corrected chi connectivity index (χ3v) is 2.82. The van der Waals surface area contributed by atoms with Crippen molar-refractivity contribution in [2.45, 2.75) is 19.8 Å². The topological polar surface area (TPSA) is 46.3 Å². The SMILES string of the molecule is CC1(CF)CCN(C(=O)CN)CC1. The summed E-state index contributed by atoms with van der Waals surface area (Å²) in [5.41, 5.74) is 5.02. The molecule has 0 spiro atoms. The standard InChI is InChI=1S/C9H17FN2O/c1-9(7-10)2-4-12(5-3-9)8(13)6-11/h2-7,11H2,1H3. The Morgan fingerprint density at radius 3 is 2.46 bits per heavy atom. The first kappa shape index (κ1) is 10.4. The van der Waals surface area contributed by atoms with E-state index in [0.29, 0.717) is 13.1 Å². The molecule has 0 aromatic rings. The molecule has 1 aliphatic rings. The van der Waals surface area contributed by atoms with Gasteiger partial charge in [0, 0.05) is 13.1 Å². The molecular weight excluding hydrogens is 171 g/mol. The number of piperidine rings is 1. The molecular formula is C9H17FN2O. The second kappa shape index (κ2) is 4.05. The average molecular weight is 188 g/mol. The number of rotatable bonds is 2. The highest BCUT2D eigenvalue weighted by Crippen LogP contribution is 2.30. The molecule has 76 valence electrons. The maximum Gasteiger partial charge on any atom is 0.236 e. The minimum absolute atomic E-state index is 0.0269. The third kappa shape index (κ3) is 2.40. The Labute approximate surface area is 78.1 Å². The number of hydrogen-bond donors (Lipinski definition) is 1.